The molecule has 1 atom stereocenters. The molecule has 1 aromatic heterocycles. The molecule has 1 unspecified atom stereocenters. The van der Waals surface area contributed by atoms with Crippen LogP contribution in [0.1, 0.15) is 30.0 Å². The van der Waals surface area contributed by atoms with Gasteiger partial charge in [-0.15, -0.1) is 0 Å². The SMILES string of the molecule is CCN1CC(CN(C)Cc2cn(-c3cc(C)ccc3C)nc2-c2ccccc2)CC1=O. The molecule has 5 heteroatoms. The van der Waals surface area contributed by atoms with Crippen LogP contribution in [0, 0.1) is 19.8 Å². The van der Waals surface area contributed by atoms with Crippen molar-refractivity contribution in [3.05, 3.63) is 71.4 Å². The van der Waals surface area contributed by atoms with Crippen molar-refractivity contribution in [1.29, 1.82) is 0 Å². The van der Waals surface area contributed by atoms with Crippen molar-refractivity contribution >= 4 is 5.91 Å². The number of carbonyl (C=O) groups excluding carboxylic acids is 1. The Bertz CT molecular complexity index is 1060. The Morgan fingerprint density at radius 3 is 2.61 bits per heavy atom. The van der Waals surface area contributed by atoms with E-state index in [1.54, 1.807) is 0 Å². The third kappa shape index (κ3) is 4.72. The number of nitrogens with zero attached hydrogens (tertiary/aromatic N) is 4. The Morgan fingerprint density at radius 1 is 1.13 bits per heavy atom. The van der Waals surface area contributed by atoms with E-state index in [4.69, 9.17) is 5.10 Å². The first-order valence-electron chi connectivity index (χ1n) is 11.1. The second-order valence-corrected chi connectivity index (χ2v) is 8.80. The molecule has 2 aromatic carbocycles. The van der Waals surface area contributed by atoms with Crippen LogP contribution in [-0.4, -0.2) is 52.2 Å². The number of aromatic nitrogens is 2. The highest BCUT2D eigenvalue weighted by Gasteiger charge is 2.29. The number of rotatable bonds is 7. The van der Waals surface area contributed by atoms with E-state index in [-0.39, 0.29) is 5.91 Å². The molecule has 0 aliphatic carbocycles. The van der Waals surface area contributed by atoms with E-state index in [0.29, 0.717) is 12.3 Å². The Balaban J connectivity index is 1.61. The minimum atomic E-state index is 0.286. The first-order chi connectivity index (χ1) is 14.9. The fraction of sp³-hybridized carbons (Fsp3) is 0.385. The van der Waals surface area contributed by atoms with Gasteiger partial charge in [0.25, 0.3) is 0 Å². The second kappa shape index (κ2) is 9.06. The van der Waals surface area contributed by atoms with Gasteiger partial charge in [0, 0.05) is 49.9 Å². The maximum atomic E-state index is 12.1. The second-order valence-electron chi connectivity index (χ2n) is 8.80. The molecule has 0 bridgehead atoms. The fourth-order valence-corrected chi connectivity index (χ4v) is 4.53. The molecule has 5 nitrogen and oxygen atoms in total. The van der Waals surface area contributed by atoms with E-state index < -0.39 is 0 Å². The van der Waals surface area contributed by atoms with Crippen LogP contribution in [0.5, 0.6) is 0 Å². The standard InChI is InChI=1S/C26H32N4O/c1-5-29-16-21(14-25(29)31)15-28(4)17-23-18-30(24-13-19(2)11-12-20(24)3)27-26(23)22-9-7-6-8-10-22/h6-13,18,21H,5,14-17H2,1-4H3. The van der Waals surface area contributed by atoms with Crippen molar-refractivity contribution in [2.45, 2.75) is 33.7 Å². The van der Waals surface area contributed by atoms with Gasteiger partial charge in [-0.2, -0.15) is 5.10 Å². The van der Waals surface area contributed by atoms with Gasteiger partial charge in [0.1, 0.15) is 0 Å². The molecule has 0 N–H and O–H groups in total. The van der Waals surface area contributed by atoms with Gasteiger partial charge in [0.2, 0.25) is 5.91 Å². The molecule has 3 aromatic rings. The number of carbonyl (C=O) groups is 1. The zero-order chi connectivity index (χ0) is 22.0. The summed E-state index contributed by atoms with van der Waals surface area (Å²) in [5.41, 5.74) is 6.89. The molecular formula is C26H32N4O. The summed E-state index contributed by atoms with van der Waals surface area (Å²) < 4.78 is 2.02. The summed E-state index contributed by atoms with van der Waals surface area (Å²) in [5.74, 6) is 0.681. The van der Waals surface area contributed by atoms with E-state index in [2.05, 4.69) is 81.4 Å². The van der Waals surface area contributed by atoms with Crippen LogP contribution >= 0.6 is 0 Å². The normalized spacial score (nSPS) is 16.5. The minimum absolute atomic E-state index is 0.286. The van der Waals surface area contributed by atoms with Gasteiger partial charge in [0.05, 0.1) is 11.4 Å². The highest BCUT2D eigenvalue weighted by Crippen LogP contribution is 2.27. The number of likely N-dealkylation sites (tertiary alicyclic amines) is 1. The summed E-state index contributed by atoms with van der Waals surface area (Å²) >= 11 is 0. The van der Waals surface area contributed by atoms with Crippen molar-refractivity contribution in [3.63, 3.8) is 0 Å². The predicted octanol–water partition coefficient (Wildman–Crippen LogP) is 4.46. The Hall–Kier alpha value is -2.92. The number of hydrogen-bond donors (Lipinski definition) is 0. The maximum absolute atomic E-state index is 12.1. The van der Waals surface area contributed by atoms with E-state index in [9.17, 15) is 4.79 Å². The Kier molecular flexibility index (Phi) is 6.23. The van der Waals surface area contributed by atoms with E-state index in [1.165, 1.54) is 16.7 Å². The van der Waals surface area contributed by atoms with Crippen molar-refractivity contribution in [1.82, 2.24) is 19.6 Å². The number of aryl methyl sites for hydroxylation is 2. The van der Waals surface area contributed by atoms with Gasteiger partial charge in [-0.3, -0.25) is 4.79 Å². The van der Waals surface area contributed by atoms with Crippen LogP contribution in [-0.2, 0) is 11.3 Å². The molecule has 2 heterocycles. The molecule has 1 fully saturated rings. The predicted molar refractivity (Wildman–Crippen MR) is 125 cm³/mol. The highest BCUT2D eigenvalue weighted by atomic mass is 16.2. The summed E-state index contributed by atoms with van der Waals surface area (Å²) in [4.78, 5) is 16.4. The zero-order valence-electron chi connectivity index (χ0n) is 19.0. The molecule has 1 aliphatic rings. The molecule has 0 spiro atoms. The average Bonchev–Trinajstić information content (AvgIpc) is 3.33. The van der Waals surface area contributed by atoms with Crippen molar-refractivity contribution in [2.24, 2.45) is 5.92 Å². The summed E-state index contributed by atoms with van der Waals surface area (Å²) in [7, 11) is 2.14. The maximum Gasteiger partial charge on any atom is 0.222 e. The lowest BCUT2D eigenvalue weighted by Crippen LogP contribution is -2.28. The first-order valence-corrected chi connectivity index (χ1v) is 11.1. The average molecular weight is 417 g/mol. The lowest BCUT2D eigenvalue weighted by Gasteiger charge is -2.21. The molecule has 1 saturated heterocycles. The van der Waals surface area contributed by atoms with Gasteiger partial charge < -0.3 is 9.80 Å². The number of benzene rings is 2. The summed E-state index contributed by atoms with van der Waals surface area (Å²) in [6.07, 6.45) is 2.82. The van der Waals surface area contributed by atoms with E-state index in [0.717, 1.165) is 43.1 Å². The molecule has 0 radical (unpaired) electrons. The molecule has 0 saturated carbocycles. The zero-order valence-corrected chi connectivity index (χ0v) is 19.0. The van der Waals surface area contributed by atoms with Crippen LogP contribution in [0.4, 0.5) is 0 Å². The van der Waals surface area contributed by atoms with Crippen LogP contribution in [0.15, 0.2) is 54.7 Å². The quantitative estimate of drug-likeness (QED) is 0.571. The van der Waals surface area contributed by atoms with Gasteiger partial charge in [0.15, 0.2) is 0 Å². The van der Waals surface area contributed by atoms with Crippen molar-refractivity contribution < 1.29 is 4.79 Å². The van der Waals surface area contributed by atoms with E-state index in [1.807, 2.05) is 15.6 Å². The number of amides is 1. The topological polar surface area (TPSA) is 41.4 Å². The van der Waals surface area contributed by atoms with Gasteiger partial charge >= 0.3 is 0 Å². The molecule has 1 aliphatic heterocycles. The van der Waals surface area contributed by atoms with Crippen molar-refractivity contribution in [3.8, 4) is 16.9 Å². The summed E-state index contributed by atoms with van der Waals surface area (Å²) in [6.45, 7) is 9.67. The lowest BCUT2D eigenvalue weighted by atomic mass is 10.1. The van der Waals surface area contributed by atoms with Crippen LogP contribution < -0.4 is 0 Å². The van der Waals surface area contributed by atoms with Crippen molar-refractivity contribution in [2.75, 3.05) is 26.7 Å². The third-order valence-corrected chi connectivity index (χ3v) is 6.14. The first kappa shape index (κ1) is 21.3. The van der Waals surface area contributed by atoms with Crippen LogP contribution in [0.25, 0.3) is 16.9 Å². The Labute approximate surface area is 185 Å². The van der Waals surface area contributed by atoms with Gasteiger partial charge in [-0.05, 0) is 50.9 Å². The largest absolute Gasteiger partial charge is 0.343 e. The van der Waals surface area contributed by atoms with E-state index >= 15 is 0 Å². The summed E-state index contributed by atoms with van der Waals surface area (Å²) in [6, 6.07) is 16.9. The summed E-state index contributed by atoms with van der Waals surface area (Å²) in [5, 5.41) is 5.00. The van der Waals surface area contributed by atoms with Crippen LogP contribution in [0.2, 0.25) is 0 Å². The fourth-order valence-electron chi connectivity index (χ4n) is 4.53. The molecule has 1 amide bonds. The van der Waals surface area contributed by atoms with Gasteiger partial charge in [-0.25, -0.2) is 4.68 Å². The minimum Gasteiger partial charge on any atom is -0.343 e. The highest BCUT2D eigenvalue weighted by molar-refractivity contribution is 5.78. The molecular weight excluding hydrogens is 384 g/mol. The molecule has 31 heavy (non-hydrogen) atoms. The molecule has 4 rings (SSSR count). The molecule has 162 valence electrons. The number of hydrogen-bond acceptors (Lipinski definition) is 3. The van der Waals surface area contributed by atoms with Gasteiger partial charge in [-0.1, -0.05) is 42.5 Å². The van der Waals surface area contributed by atoms with Crippen LogP contribution in [0.3, 0.4) is 0 Å². The lowest BCUT2D eigenvalue weighted by molar-refractivity contribution is -0.127. The smallest absolute Gasteiger partial charge is 0.222 e. The third-order valence-electron chi connectivity index (χ3n) is 6.14. The monoisotopic (exact) mass is 416 g/mol. The Morgan fingerprint density at radius 2 is 1.90 bits per heavy atom.